The number of hydrogen-bond donors (Lipinski definition) is 3. The van der Waals surface area contributed by atoms with Crippen molar-refractivity contribution in [3.05, 3.63) is 77.1 Å². The van der Waals surface area contributed by atoms with Crippen molar-refractivity contribution in [1.82, 2.24) is 5.32 Å². The summed E-state index contributed by atoms with van der Waals surface area (Å²) >= 11 is -2.49. The normalized spacial score (nSPS) is 14.4. The number of nitrogens with two attached hydrogens (primary N) is 1. The molecule has 1 aromatic heterocycles. The Labute approximate surface area is 227 Å². The highest BCUT2D eigenvalue weighted by Crippen LogP contribution is 2.48. The fourth-order valence-corrected chi connectivity index (χ4v) is 6.08. The number of nitrogens with one attached hydrogen (secondary N) is 1. The Bertz CT molecular complexity index is 1730. The molecule has 204 valence electrons. The van der Waals surface area contributed by atoms with Crippen LogP contribution in [0, 0.1) is 5.82 Å². The van der Waals surface area contributed by atoms with Gasteiger partial charge in [0.1, 0.15) is 17.2 Å². The maximum atomic E-state index is 13.6. The quantitative estimate of drug-likeness (QED) is 0.207. The van der Waals surface area contributed by atoms with Gasteiger partial charge in [0.05, 0.1) is 28.4 Å². The van der Waals surface area contributed by atoms with Crippen molar-refractivity contribution in [2.75, 3.05) is 23.3 Å². The zero-order valence-corrected chi connectivity index (χ0v) is 22.7. The second-order valence-corrected chi connectivity index (χ2v) is 12.4. The summed E-state index contributed by atoms with van der Waals surface area (Å²) < 4.78 is 68.2. The van der Waals surface area contributed by atoms with E-state index in [0.29, 0.717) is 27.8 Å². The van der Waals surface area contributed by atoms with Gasteiger partial charge in [0.15, 0.2) is 9.84 Å². The second-order valence-electron chi connectivity index (χ2n) is 9.49. The molecule has 0 bridgehead atoms. The SMILES string of the molecule is CNC(=O)c1c(-c2ccc(F)cc2)oc2cc(N(Cc3ccc(N)c(S(C)(=O)=O)c3)S(=O)O)c(C3CC3)cc12. The van der Waals surface area contributed by atoms with Crippen molar-refractivity contribution in [3.63, 3.8) is 0 Å². The first-order valence-electron chi connectivity index (χ1n) is 12.0. The van der Waals surface area contributed by atoms with E-state index in [9.17, 15) is 26.4 Å². The second kappa shape index (κ2) is 10.1. The number of fused-ring (bicyclic) bond motifs is 1. The number of furan rings is 1. The van der Waals surface area contributed by atoms with Crippen LogP contribution in [0.3, 0.4) is 0 Å². The lowest BCUT2D eigenvalue weighted by Gasteiger charge is -2.23. The Hall–Kier alpha value is -3.74. The molecule has 0 aliphatic heterocycles. The molecule has 1 atom stereocenters. The van der Waals surface area contributed by atoms with Crippen LogP contribution < -0.4 is 15.4 Å². The molecular weight excluding hydrogens is 545 g/mol. The lowest BCUT2D eigenvalue weighted by molar-refractivity contribution is 0.0964. The van der Waals surface area contributed by atoms with Crippen LogP contribution in [-0.4, -0.2) is 36.4 Å². The van der Waals surface area contributed by atoms with Gasteiger partial charge in [-0.05, 0) is 72.4 Å². The van der Waals surface area contributed by atoms with Crippen LogP contribution in [0.25, 0.3) is 22.3 Å². The lowest BCUT2D eigenvalue weighted by atomic mass is 10.00. The highest BCUT2D eigenvalue weighted by Gasteiger charge is 2.32. The summed E-state index contributed by atoms with van der Waals surface area (Å²) in [6.07, 6.45) is 2.77. The molecule has 0 saturated heterocycles. The highest BCUT2D eigenvalue weighted by atomic mass is 32.2. The summed E-state index contributed by atoms with van der Waals surface area (Å²) in [4.78, 5) is 12.9. The summed E-state index contributed by atoms with van der Waals surface area (Å²) in [6.45, 7) is -0.0923. The van der Waals surface area contributed by atoms with Gasteiger partial charge in [-0.1, -0.05) is 6.07 Å². The minimum Gasteiger partial charge on any atom is -0.455 e. The van der Waals surface area contributed by atoms with E-state index in [-0.39, 0.29) is 40.3 Å². The molecule has 3 aromatic carbocycles. The van der Waals surface area contributed by atoms with Gasteiger partial charge in [-0.25, -0.2) is 17.0 Å². The first kappa shape index (κ1) is 26.9. The average molecular weight is 572 g/mol. The Morgan fingerprint density at radius 3 is 2.46 bits per heavy atom. The molecule has 1 unspecified atom stereocenters. The predicted molar refractivity (Wildman–Crippen MR) is 148 cm³/mol. The number of nitrogens with zero attached hydrogens (tertiary/aromatic N) is 1. The Morgan fingerprint density at radius 1 is 1.18 bits per heavy atom. The molecule has 5 rings (SSSR count). The number of carbonyl (C=O) groups excluding carboxylic acids is 1. The monoisotopic (exact) mass is 571 g/mol. The minimum atomic E-state index is -3.62. The largest absolute Gasteiger partial charge is 0.455 e. The predicted octanol–water partition coefficient (Wildman–Crippen LogP) is 4.60. The number of anilines is 2. The van der Waals surface area contributed by atoms with Crippen molar-refractivity contribution in [1.29, 1.82) is 0 Å². The van der Waals surface area contributed by atoms with E-state index < -0.39 is 26.9 Å². The van der Waals surface area contributed by atoms with E-state index >= 15 is 0 Å². The fourth-order valence-electron chi connectivity index (χ4n) is 4.63. The summed E-state index contributed by atoms with van der Waals surface area (Å²) in [5, 5.41) is 3.15. The van der Waals surface area contributed by atoms with Gasteiger partial charge < -0.3 is 15.5 Å². The topological polar surface area (TPSA) is 143 Å². The van der Waals surface area contributed by atoms with E-state index in [0.717, 1.165) is 24.7 Å². The standard InChI is InChI=1S/C27H26FN3O6S2/c1-30-27(32)25-20-12-19(16-4-5-16)22(13-23(20)37-26(25)17-6-8-18(28)9-7-17)31(38(33)34)14-15-3-10-21(29)24(11-15)39(2,35)36/h3,6-13,16H,4-5,14,29H2,1-2H3,(H,30,32)(H,33,34). The maximum Gasteiger partial charge on any atom is 0.262 e. The fraction of sp³-hybridized carbons (Fsp3) is 0.222. The molecule has 39 heavy (non-hydrogen) atoms. The molecule has 1 saturated carbocycles. The van der Waals surface area contributed by atoms with Crippen LogP contribution in [0.5, 0.6) is 0 Å². The molecule has 4 aromatic rings. The smallest absolute Gasteiger partial charge is 0.262 e. The number of rotatable bonds is 8. The van der Waals surface area contributed by atoms with Gasteiger partial charge in [-0.15, -0.1) is 0 Å². The molecule has 0 spiro atoms. The number of nitrogen functional groups attached to an aromatic ring is 1. The van der Waals surface area contributed by atoms with Crippen LogP contribution in [0.2, 0.25) is 0 Å². The van der Waals surface area contributed by atoms with Gasteiger partial charge in [0.25, 0.3) is 17.2 Å². The third-order valence-electron chi connectivity index (χ3n) is 6.68. The van der Waals surface area contributed by atoms with E-state index in [1.807, 2.05) is 0 Å². The third kappa shape index (κ3) is 5.27. The van der Waals surface area contributed by atoms with Gasteiger partial charge in [-0.2, -0.15) is 0 Å². The third-order valence-corrected chi connectivity index (χ3v) is 8.53. The lowest BCUT2D eigenvalue weighted by Crippen LogP contribution is -2.26. The zero-order chi connectivity index (χ0) is 28.1. The van der Waals surface area contributed by atoms with Crippen molar-refractivity contribution in [3.8, 4) is 11.3 Å². The Morgan fingerprint density at radius 2 is 1.87 bits per heavy atom. The van der Waals surface area contributed by atoms with E-state index in [2.05, 4.69) is 5.32 Å². The first-order valence-corrected chi connectivity index (χ1v) is 15.0. The van der Waals surface area contributed by atoms with E-state index in [1.165, 1.54) is 47.8 Å². The van der Waals surface area contributed by atoms with Crippen molar-refractivity contribution in [2.45, 2.75) is 30.2 Å². The van der Waals surface area contributed by atoms with Gasteiger partial charge in [0, 0.05) is 30.3 Å². The number of sulfone groups is 1. The van der Waals surface area contributed by atoms with Gasteiger partial charge in [0.2, 0.25) is 0 Å². The molecule has 1 aliphatic carbocycles. The van der Waals surface area contributed by atoms with Gasteiger partial charge in [-0.3, -0.25) is 13.7 Å². The number of benzene rings is 3. The molecule has 0 radical (unpaired) electrons. The highest BCUT2D eigenvalue weighted by molar-refractivity contribution is 7.90. The van der Waals surface area contributed by atoms with Crippen LogP contribution in [0.4, 0.5) is 15.8 Å². The number of halogens is 1. The molecule has 1 aliphatic rings. The molecular formula is C27H26FN3O6S2. The van der Waals surface area contributed by atoms with Gasteiger partial charge >= 0.3 is 0 Å². The van der Waals surface area contributed by atoms with Crippen LogP contribution in [-0.2, 0) is 27.6 Å². The van der Waals surface area contributed by atoms with Crippen molar-refractivity contribution >= 4 is 49.4 Å². The Kier molecular flexibility index (Phi) is 6.95. The zero-order valence-electron chi connectivity index (χ0n) is 21.1. The summed E-state index contributed by atoms with van der Waals surface area (Å²) in [6, 6.07) is 13.4. The number of amides is 1. The van der Waals surface area contributed by atoms with E-state index in [1.54, 1.807) is 18.2 Å². The van der Waals surface area contributed by atoms with Crippen LogP contribution in [0.15, 0.2) is 63.9 Å². The first-order chi connectivity index (χ1) is 18.5. The molecule has 1 fully saturated rings. The van der Waals surface area contributed by atoms with Crippen molar-refractivity contribution in [2.24, 2.45) is 0 Å². The summed E-state index contributed by atoms with van der Waals surface area (Å²) in [7, 11) is -2.12. The molecule has 12 heteroatoms. The molecule has 1 amide bonds. The van der Waals surface area contributed by atoms with Crippen LogP contribution in [0.1, 0.15) is 40.2 Å². The van der Waals surface area contributed by atoms with Crippen LogP contribution >= 0.6 is 0 Å². The van der Waals surface area contributed by atoms with Crippen molar-refractivity contribution < 1.29 is 30.8 Å². The van der Waals surface area contributed by atoms with E-state index in [4.69, 9.17) is 10.2 Å². The molecule has 4 N–H and O–H groups in total. The Balaban J connectivity index is 1.68. The molecule has 1 heterocycles. The summed E-state index contributed by atoms with van der Waals surface area (Å²) in [5.74, 6) is -0.468. The molecule has 9 nitrogen and oxygen atoms in total. The maximum absolute atomic E-state index is 13.6. The summed E-state index contributed by atoms with van der Waals surface area (Å²) in [5.41, 5.74) is 8.67. The minimum absolute atomic E-state index is 0.0632. The average Bonchev–Trinajstić information content (AvgIpc) is 3.67. The number of hydrogen-bond acceptors (Lipinski definition) is 6. The number of carbonyl (C=O) groups is 1.